The second-order valence-corrected chi connectivity index (χ2v) is 4.22. The van der Waals surface area contributed by atoms with E-state index in [9.17, 15) is 4.79 Å². The van der Waals surface area contributed by atoms with Gasteiger partial charge in [0, 0.05) is 39.4 Å². The highest BCUT2D eigenvalue weighted by Gasteiger charge is 2.20. The van der Waals surface area contributed by atoms with Crippen molar-refractivity contribution >= 4 is 11.8 Å². The molecule has 2 rings (SSSR count). The number of nitrogens with zero attached hydrogens (tertiary/aromatic N) is 3. The number of pyridine rings is 1. The number of rotatable bonds is 1. The summed E-state index contributed by atoms with van der Waals surface area (Å²) in [6.45, 7) is 5.23. The smallest absolute Gasteiger partial charge is 0.317 e. The third-order valence-corrected chi connectivity index (χ3v) is 3.01. The van der Waals surface area contributed by atoms with Crippen molar-refractivity contribution in [1.29, 1.82) is 0 Å². The average Bonchev–Trinajstić information content (AvgIpc) is 2.38. The molecule has 2 amide bonds. The van der Waals surface area contributed by atoms with Crippen molar-refractivity contribution in [2.45, 2.75) is 6.92 Å². The Morgan fingerprint density at radius 2 is 2.06 bits per heavy atom. The van der Waals surface area contributed by atoms with Crippen molar-refractivity contribution in [1.82, 2.24) is 15.2 Å². The molecule has 0 unspecified atom stereocenters. The van der Waals surface area contributed by atoms with Crippen LogP contribution < -0.4 is 10.2 Å². The van der Waals surface area contributed by atoms with Crippen molar-refractivity contribution in [3.05, 3.63) is 23.9 Å². The summed E-state index contributed by atoms with van der Waals surface area (Å²) in [4.78, 5) is 19.8. The zero-order valence-corrected chi connectivity index (χ0v) is 10.3. The Morgan fingerprint density at radius 3 is 2.65 bits per heavy atom. The predicted octanol–water partition coefficient (Wildman–Crippen LogP) is 0.851. The van der Waals surface area contributed by atoms with Gasteiger partial charge in [-0.15, -0.1) is 0 Å². The molecule has 17 heavy (non-hydrogen) atoms. The van der Waals surface area contributed by atoms with Gasteiger partial charge in [-0.2, -0.15) is 0 Å². The van der Waals surface area contributed by atoms with Crippen molar-refractivity contribution < 1.29 is 4.79 Å². The Bertz CT molecular complexity index is 399. The molecule has 0 saturated carbocycles. The third-order valence-electron chi connectivity index (χ3n) is 3.01. The van der Waals surface area contributed by atoms with E-state index in [0.717, 1.165) is 32.0 Å². The first-order valence-electron chi connectivity index (χ1n) is 5.85. The monoisotopic (exact) mass is 234 g/mol. The van der Waals surface area contributed by atoms with Crippen molar-refractivity contribution in [2.75, 3.05) is 38.1 Å². The fraction of sp³-hybridized carbons (Fsp3) is 0.500. The number of nitrogens with one attached hydrogen (secondary N) is 1. The Hall–Kier alpha value is -1.78. The highest BCUT2D eigenvalue weighted by atomic mass is 16.2. The van der Waals surface area contributed by atoms with Crippen LogP contribution in [-0.2, 0) is 0 Å². The van der Waals surface area contributed by atoms with Crippen LogP contribution in [0.3, 0.4) is 0 Å². The van der Waals surface area contributed by atoms with Crippen LogP contribution in [0.2, 0.25) is 0 Å². The zero-order valence-electron chi connectivity index (χ0n) is 10.3. The van der Waals surface area contributed by atoms with E-state index in [4.69, 9.17) is 0 Å². The van der Waals surface area contributed by atoms with Crippen LogP contribution in [0.15, 0.2) is 18.3 Å². The molecule has 92 valence electrons. The summed E-state index contributed by atoms with van der Waals surface area (Å²) in [6.07, 6.45) is 1.83. The SMILES string of the molecule is CNC(=O)N1CCN(c2cc(C)ccn2)CC1. The van der Waals surface area contributed by atoms with Crippen molar-refractivity contribution in [3.63, 3.8) is 0 Å². The number of urea groups is 1. The van der Waals surface area contributed by atoms with Crippen LogP contribution in [0, 0.1) is 6.92 Å². The molecule has 0 radical (unpaired) electrons. The Morgan fingerprint density at radius 1 is 1.35 bits per heavy atom. The second-order valence-electron chi connectivity index (χ2n) is 4.22. The van der Waals surface area contributed by atoms with Crippen LogP contribution in [0.4, 0.5) is 10.6 Å². The number of piperazine rings is 1. The fourth-order valence-electron chi connectivity index (χ4n) is 1.99. The lowest BCUT2D eigenvalue weighted by Crippen LogP contribution is -2.51. The van der Waals surface area contributed by atoms with Gasteiger partial charge < -0.3 is 15.1 Å². The van der Waals surface area contributed by atoms with Crippen LogP contribution in [0.25, 0.3) is 0 Å². The quantitative estimate of drug-likeness (QED) is 0.783. The van der Waals surface area contributed by atoms with Gasteiger partial charge in [0.05, 0.1) is 0 Å². The van der Waals surface area contributed by atoms with E-state index in [0.29, 0.717) is 0 Å². The molecule has 1 saturated heterocycles. The minimum absolute atomic E-state index is 0.00171. The van der Waals surface area contributed by atoms with Crippen molar-refractivity contribution in [3.8, 4) is 0 Å². The number of hydrogen-bond donors (Lipinski definition) is 1. The van der Waals surface area contributed by atoms with E-state index in [1.807, 2.05) is 17.2 Å². The molecule has 1 aliphatic rings. The van der Waals surface area contributed by atoms with E-state index < -0.39 is 0 Å². The molecule has 0 atom stereocenters. The molecule has 0 spiro atoms. The normalized spacial score (nSPS) is 15.9. The minimum Gasteiger partial charge on any atom is -0.353 e. The number of anilines is 1. The number of hydrogen-bond acceptors (Lipinski definition) is 3. The maximum absolute atomic E-state index is 11.4. The summed E-state index contributed by atoms with van der Waals surface area (Å²) in [5.41, 5.74) is 1.21. The molecule has 0 bridgehead atoms. The Labute approximate surface area is 101 Å². The molecular weight excluding hydrogens is 216 g/mol. The fourth-order valence-corrected chi connectivity index (χ4v) is 1.99. The molecule has 5 heteroatoms. The molecule has 1 aliphatic heterocycles. The summed E-state index contributed by atoms with van der Waals surface area (Å²) in [5, 5.41) is 2.65. The standard InChI is InChI=1S/C12H18N4O/c1-10-3-4-14-11(9-10)15-5-7-16(8-6-15)12(17)13-2/h3-4,9H,5-8H2,1-2H3,(H,13,17). The molecule has 0 aromatic carbocycles. The zero-order chi connectivity index (χ0) is 12.3. The van der Waals surface area contributed by atoms with Gasteiger partial charge in [0.2, 0.25) is 0 Å². The van der Waals surface area contributed by atoms with Crippen LogP contribution in [0.5, 0.6) is 0 Å². The van der Waals surface area contributed by atoms with Gasteiger partial charge >= 0.3 is 6.03 Å². The van der Waals surface area contributed by atoms with Gasteiger partial charge in [0.15, 0.2) is 0 Å². The molecule has 5 nitrogen and oxygen atoms in total. The highest BCUT2D eigenvalue weighted by Crippen LogP contribution is 2.14. The van der Waals surface area contributed by atoms with Crippen LogP contribution in [-0.4, -0.2) is 49.1 Å². The molecule has 1 N–H and O–H groups in total. The maximum atomic E-state index is 11.4. The van der Waals surface area contributed by atoms with E-state index in [1.54, 1.807) is 7.05 Å². The summed E-state index contributed by atoms with van der Waals surface area (Å²) < 4.78 is 0. The van der Waals surface area contributed by atoms with Gasteiger partial charge in [-0.3, -0.25) is 0 Å². The van der Waals surface area contributed by atoms with Gasteiger partial charge in [0.1, 0.15) is 5.82 Å². The van der Waals surface area contributed by atoms with Gasteiger partial charge in [-0.1, -0.05) is 0 Å². The molecule has 0 aliphatic carbocycles. The first-order chi connectivity index (χ1) is 8.20. The first kappa shape index (κ1) is 11.7. The molecule has 2 heterocycles. The number of amides is 2. The largest absolute Gasteiger partial charge is 0.353 e. The Balaban J connectivity index is 1.97. The lowest BCUT2D eigenvalue weighted by atomic mass is 10.2. The average molecular weight is 234 g/mol. The number of carbonyl (C=O) groups excluding carboxylic acids is 1. The number of carbonyl (C=O) groups is 1. The van der Waals surface area contributed by atoms with Gasteiger partial charge in [0.25, 0.3) is 0 Å². The molecule has 1 fully saturated rings. The lowest BCUT2D eigenvalue weighted by molar-refractivity contribution is 0.196. The molecule has 1 aromatic heterocycles. The summed E-state index contributed by atoms with van der Waals surface area (Å²) in [7, 11) is 1.66. The predicted molar refractivity (Wildman–Crippen MR) is 67.2 cm³/mol. The van der Waals surface area contributed by atoms with Crippen molar-refractivity contribution in [2.24, 2.45) is 0 Å². The van der Waals surface area contributed by atoms with E-state index in [2.05, 4.69) is 28.2 Å². The highest BCUT2D eigenvalue weighted by molar-refractivity contribution is 5.74. The summed E-state index contributed by atoms with van der Waals surface area (Å²) in [5.74, 6) is 1.00. The van der Waals surface area contributed by atoms with Gasteiger partial charge in [-0.25, -0.2) is 9.78 Å². The number of aryl methyl sites for hydroxylation is 1. The van der Waals surface area contributed by atoms with E-state index >= 15 is 0 Å². The van der Waals surface area contributed by atoms with Gasteiger partial charge in [-0.05, 0) is 24.6 Å². The number of aromatic nitrogens is 1. The Kier molecular flexibility index (Phi) is 3.46. The van der Waals surface area contributed by atoms with Crippen LogP contribution in [0.1, 0.15) is 5.56 Å². The maximum Gasteiger partial charge on any atom is 0.317 e. The second kappa shape index (κ2) is 5.03. The minimum atomic E-state index is 0.00171. The topological polar surface area (TPSA) is 48.5 Å². The van der Waals surface area contributed by atoms with Crippen LogP contribution >= 0.6 is 0 Å². The summed E-state index contributed by atoms with van der Waals surface area (Å²) >= 11 is 0. The lowest BCUT2D eigenvalue weighted by Gasteiger charge is -2.35. The molecule has 1 aromatic rings. The third kappa shape index (κ3) is 2.67. The van der Waals surface area contributed by atoms with E-state index in [1.165, 1.54) is 5.56 Å². The molecular formula is C12H18N4O. The first-order valence-corrected chi connectivity index (χ1v) is 5.85. The van der Waals surface area contributed by atoms with E-state index in [-0.39, 0.29) is 6.03 Å². The summed E-state index contributed by atoms with van der Waals surface area (Å²) in [6, 6.07) is 4.07.